The highest BCUT2D eigenvalue weighted by Crippen LogP contribution is 2.45. The van der Waals surface area contributed by atoms with Crippen molar-refractivity contribution in [1.82, 2.24) is 19.8 Å². The number of amides is 1. The fraction of sp³-hybridized carbons (Fsp3) is 0.474. The monoisotopic (exact) mass is 736 g/mol. The first-order valence-corrected chi connectivity index (χ1v) is 17.8. The van der Waals surface area contributed by atoms with Gasteiger partial charge in [-0.3, -0.25) is 4.90 Å². The summed E-state index contributed by atoms with van der Waals surface area (Å²) < 4.78 is 64.3. The Labute approximate surface area is 305 Å². The van der Waals surface area contributed by atoms with Crippen LogP contribution in [0, 0.1) is 23.0 Å². The Balaban J connectivity index is 1.36. The number of halogens is 4. The van der Waals surface area contributed by atoms with Crippen molar-refractivity contribution < 1.29 is 32.2 Å². The number of piperazine rings is 1. The van der Waals surface area contributed by atoms with Crippen LogP contribution in [0.4, 0.5) is 23.8 Å². The molecule has 3 atom stereocenters. The largest absolute Gasteiger partial charge is 0.496 e. The number of fused-ring (bicyclic) bond motifs is 3. The van der Waals surface area contributed by atoms with Gasteiger partial charge in [-0.25, -0.2) is 18.0 Å². The van der Waals surface area contributed by atoms with Crippen molar-refractivity contribution in [3.63, 3.8) is 0 Å². The third kappa shape index (κ3) is 6.51. The quantitative estimate of drug-likeness (QED) is 0.189. The summed E-state index contributed by atoms with van der Waals surface area (Å²) in [6, 6.07) is 11.1. The fourth-order valence-electron chi connectivity index (χ4n) is 7.94. The predicted molar refractivity (Wildman–Crippen MR) is 192 cm³/mol. The summed E-state index contributed by atoms with van der Waals surface area (Å²) >= 11 is 6.48. The Hall–Kier alpha value is -4.54. The van der Waals surface area contributed by atoms with E-state index < -0.39 is 41.1 Å². The van der Waals surface area contributed by atoms with Crippen LogP contribution in [0.25, 0.3) is 32.8 Å². The summed E-state index contributed by atoms with van der Waals surface area (Å²) in [6.45, 7) is 7.21. The molecule has 0 radical (unpaired) electrons. The van der Waals surface area contributed by atoms with E-state index >= 15 is 4.39 Å². The standard InChI is InChI=1S/C38H40ClF3N6O4/c1-37(2,3)52-36(49)48-16-15-46(20-24(48)11-13-43)34-26-17-28(50-4)30(25-8-5-7-22-9-10-27(41)31(39)29(22)25)32(42)33(26)44-35(45-34)51-21-38-12-6-14-47(38)19-23(40)18-38/h5,7-10,17,23-24H,6,11-12,14-16,18-21H2,1-4H3/t23-,24+,38?/m1/s1. The van der Waals surface area contributed by atoms with E-state index in [9.17, 15) is 18.8 Å². The molecule has 4 aromatic rings. The molecule has 14 heteroatoms. The lowest BCUT2D eigenvalue weighted by molar-refractivity contribution is 0.0145. The van der Waals surface area contributed by atoms with Crippen LogP contribution in [-0.4, -0.2) is 95.7 Å². The Bertz CT molecular complexity index is 2090. The normalized spacial score (nSPS) is 22.1. The molecule has 0 saturated carbocycles. The molecule has 274 valence electrons. The van der Waals surface area contributed by atoms with Crippen molar-refractivity contribution in [2.45, 2.75) is 69.8 Å². The lowest BCUT2D eigenvalue weighted by Crippen LogP contribution is -2.56. The summed E-state index contributed by atoms with van der Waals surface area (Å²) in [5.74, 6) is -0.963. The molecule has 3 aliphatic rings. The molecule has 3 fully saturated rings. The Morgan fingerprint density at radius 2 is 1.94 bits per heavy atom. The third-order valence-electron chi connectivity index (χ3n) is 10.2. The van der Waals surface area contributed by atoms with Crippen LogP contribution < -0.4 is 14.4 Å². The van der Waals surface area contributed by atoms with E-state index in [-0.39, 0.29) is 60.5 Å². The van der Waals surface area contributed by atoms with Crippen molar-refractivity contribution in [2.75, 3.05) is 51.3 Å². The van der Waals surface area contributed by atoms with Gasteiger partial charge in [-0.15, -0.1) is 0 Å². The molecule has 3 aromatic carbocycles. The van der Waals surface area contributed by atoms with Crippen LogP contribution in [0.2, 0.25) is 5.02 Å². The molecule has 10 nitrogen and oxygen atoms in total. The van der Waals surface area contributed by atoms with Crippen LogP contribution in [0.15, 0.2) is 36.4 Å². The summed E-state index contributed by atoms with van der Waals surface area (Å²) in [5, 5.41) is 10.8. The fourth-order valence-corrected chi connectivity index (χ4v) is 8.21. The minimum absolute atomic E-state index is 0.0189. The summed E-state index contributed by atoms with van der Waals surface area (Å²) in [4.78, 5) is 28.1. The molecule has 0 spiro atoms. The van der Waals surface area contributed by atoms with E-state index in [2.05, 4.69) is 16.0 Å². The SMILES string of the molecule is COc1cc2c(N3CCN(C(=O)OC(C)(C)C)[C@@H](CC#N)C3)nc(OCC34CCCN3C[C@H](F)C4)nc2c(F)c1-c1cccc2ccc(F)c(Cl)c12. The van der Waals surface area contributed by atoms with Crippen molar-refractivity contribution in [1.29, 1.82) is 5.26 Å². The number of carbonyl (C=O) groups excluding carboxylic acids is 1. The van der Waals surface area contributed by atoms with Gasteiger partial charge in [0.1, 0.15) is 41.3 Å². The van der Waals surface area contributed by atoms with Gasteiger partial charge in [0.25, 0.3) is 0 Å². The second-order valence-electron chi connectivity index (χ2n) is 14.8. The number of ether oxygens (including phenoxy) is 3. The highest BCUT2D eigenvalue weighted by molar-refractivity contribution is 6.37. The van der Waals surface area contributed by atoms with Crippen molar-refractivity contribution in [2.24, 2.45) is 0 Å². The van der Waals surface area contributed by atoms with Gasteiger partial charge in [-0.2, -0.15) is 15.2 Å². The number of aromatic nitrogens is 2. The van der Waals surface area contributed by atoms with E-state index in [0.29, 0.717) is 40.5 Å². The van der Waals surface area contributed by atoms with Crippen LogP contribution >= 0.6 is 11.6 Å². The smallest absolute Gasteiger partial charge is 0.410 e. The summed E-state index contributed by atoms with van der Waals surface area (Å²) in [6.07, 6.45) is 0.503. The maximum Gasteiger partial charge on any atom is 0.410 e. The second-order valence-corrected chi connectivity index (χ2v) is 15.1. The highest BCUT2D eigenvalue weighted by atomic mass is 35.5. The zero-order chi connectivity index (χ0) is 36.9. The average molecular weight is 737 g/mol. The first-order valence-electron chi connectivity index (χ1n) is 17.4. The van der Waals surface area contributed by atoms with Crippen molar-refractivity contribution >= 4 is 45.2 Å². The lowest BCUT2D eigenvalue weighted by Gasteiger charge is -2.41. The lowest BCUT2D eigenvalue weighted by atomic mass is 9.95. The van der Waals surface area contributed by atoms with Gasteiger partial charge in [0.15, 0.2) is 5.82 Å². The maximum absolute atomic E-state index is 17.3. The Kier molecular flexibility index (Phi) is 9.50. The number of alkyl halides is 1. The number of anilines is 1. The zero-order valence-corrected chi connectivity index (χ0v) is 30.3. The third-order valence-corrected chi connectivity index (χ3v) is 10.6. The second kappa shape index (κ2) is 13.8. The average Bonchev–Trinajstić information content (AvgIpc) is 3.63. The molecule has 0 aliphatic carbocycles. The zero-order valence-electron chi connectivity index (χ0n) is 29.5. The number of rotatable bonds is 7. The number of methoxy groups -OCH3 is 1. The molecule has 52 heavy (non-hydrogen) atoms. The van der Waals surface area contributed by atoms with Crippen molar-refractivity contribution in [3.8, 4) is 29.0 Å². The number of nitrogens with zero attached hydrogens (tertiary/aromatic N) is 6. The van der Waals surface area contributed by atoms with E-state index in [1.165, 1.54) is 18.1 Å². The molecule has 1 unspecified atom stereocenters. The predicted octanol–water partition coefficient (Wildman–Crippen LogP) is 7.68. The van der Waals surface area contributed by atoms with Crippen LogP contribution in [-0.2, 0) is 4.74 Å². The van der Waals surface area contributed by atoms with Gasteiger partial charge >= 0.3 is 12.1 Å². The maximum atomic E-state index is 17.3. The number of hydrogen-bond acceptors (Lipinski definition) is 9. The molecule has 4 heterocycles. The molecule has 7 rings (SSSR count). The number of carbonyl (C=O) groups is 1. The van der Waals surface area contributed by atoms with Crippen LogP contribution in [0.1, 0.15) is 46.5 Å². The highest BCUT2D eigenvalue weighted by Gasteiger charge is 2.49. The van der Waals surface area contributed by atoms with Gasteiger partial charge in [0, 0.05) is 43.4 Å². The van der Waals surface area contributed by atoms with Gasteiger partial charge in [-0.1, -0.05) is 35.9 Å². The molecule has 0 N–H and O–H groups in total. The molecular weight excluding hydrogens is 697 g/mol. The number of hydrogen-bond donors (Lipinski definition) is 0. The number of nitriles is 1. The summed E-state index contributed by atoms with van der Waals surface area (Å²) in [5.41, 5.74) is -0.995. The molecule has 1 amide bonds. The Morgan fingerprint density at radius 3 is 2.69 bits per heavy atom. The van der Waals surface area contributed by atoms with Gasteiger partial charge < -0.3 is 24.0 Å². The van der Waals surface area contributed by atoms with E-state index in [4.69, 9.17) is 30.8 Å². The molecule has 1 aromatic heterocycles. The van der Waals surface area contributed by atoms with E-state index in [1.807, 2.05) is 4.90 Å². The molecular formula is C38H40ClF3N6O4. The first-order chi connectivity index (χ1) is 24.8. The van der Waals surface area contributed by atoms with E-state index in [0.717, 1.165) is 19.4 Å². The van der Waals surface area contributed by atoms with Crippen molar-refractivity contribution in [3.05, 3.63) is 53.1 Å². The van der Waals surface area contributed by atoms with Gasteiger partial charge in [0.2, 0.25) is 0 Å². The van der Waals surface area contributed by atoms with Crippen LogP contribution in [0.5, 0.6) is 11.8 Å². The first kappa shape index (κ1) is 35.8. The van der Waals surface area contributed by atoms with Gasteiger partial charge in [0.05, 0.1) is 41.8 Å². The van der Waals surface area contributed by atoms with Crippen LogP contribution in [0.3, 0.4) is 0 Å². The molecule has 3 aliphatic heterocycles. The minimum Gasteiger partial charge on any atom is -0.496 e. The van der Waals surface area contributed by atoms with Gasteiger partial charge in [-0.05, 0) is 63.2 Å². The molecule has 3 saturated heterocycles. The minimum atomic E-state index is -0.972. The molecule has 0 bridgehead atoms. The topological polar surface area (TPSA) is 104 Å². The summed E-state index contributed by atoms with van der Waals surface area (Å²) in [7, 11) is 1.41. The van der Waals surface area contributed by atoms with E-state index in [1.54, 1.807) is 51.1 Å². The Morgan fingerprint density at radius 1 is 1.13 bits per heavy atom. The number of benzene rings is 3.